The first-order valence-corrected chi connectivity index (χ1v) is 8.49. The van der Waals surface area contributed by atoms with E-state index in [4.69, 9.17) is 4.74 Å². The van der Waals surface area contributed by atoms with Gasteiger partial charge >= 0.3 is 0 Å². The summed E-state index contributed by atoms with van der Waals surface area (Å²) in [4.78, 5) is 14.8. The Morgan fingerprint density at radius 2 is 2.04 bits per heavy atom. The molecule has 2 heterocycles. The van der Waals surface area contributed by atoms with E-state index in [2.05, 4.69) is 10.2 Å². The van der Waals surface area contributed by atoms with Crippen LogP contribution in [0, 0.1) is 5.92 Å². The Morgan fingerprint density at radius 3 is 2.78 bits per heavy atom. The molecule has 5 nitrogen and oxygen atoms in total. The van der Waals surface area contributed by atoms with Crippen molar-refractivity contribution < 1.29 is 14.6 Å². The van der Waals surface area contributed by atoms with E-state index >= 15 is 0 Å². The second kappa shape index (κ2) is 7.53. The van der Waals surface area contributed by atoms with Gasteiger partial charge in [0.15, 0.2) is 5.78 Å². The summed E-state index contributed by atoms with van der Waals surface area (Å²) in [6, 6.07) is 9.55. The Morgan fingerprint density at radius 1 is 1.30 bits per heavy atom. The predicted molar refractivity (Wildman–Crippen MR) is 88.6 cm³/mol. The minimum Gasteiger partial charge on any atom is -0.385 e. The number of benzene rings is 1. The van der Waals surface area contributed by atoms with Crippen molar-refractivity contribution in [3.63, 3.8) is 0 Å². The maximum Gasteiger partial charge on any atom is 0.166 e. The molecule has 1 aromatic rings. The highest BCUT2D eigenvalue weighted by molar-refractivity contribution is 5.97. The third-order valence-corrected chi connectivity index (χ3v) is 4.78. The smallest absolute Gasteiger partial charge is 0.166 e. The van der Waals surface area contributed by atoms with E-state index in [1.807, 2.05) is 30.3 Å². The highest BCUT2D eigenvalue weighted by Crippen LogP contribution is 2.23. The van der Waals surface area contributed by atoms with Crippen LogP contribution in [0.1, 0.15) is 23.2 Å². The van der Waals surface area contributed by atoms with Gasteiger partial charge in [0.1, 0.15) is 5.60 Å². The topological polar surface area (TPSA) is 61.8 Å². The van der Waals surface area contributed by atoms with E-state index in [0.29, 0.717) is 26.3 Å². The highest BCUT2D eigenvalue weighted by Gasteiger charge is 2.34. The van der Waals surface area contributed by atoms with E-state index in [0.717, 1.165) is 38.0 Å². The minimum atomic E-state index is -0.827. The number of carbonyl (C=O) groups is 1. The minimum absolute atomic E-state index is 0.104. The number of likely N-dealkylation sites (tertiary alicyclic amines) is 1. The molecule has 0 spiro atoms. The number of Topliss-reactive ketones (excluding diaryl/α,β-unsaturated/α-hetero) is 1. The summed E-state index contributed by atoms with van der Waals surface area (Å²) in [6.45, 7) is 4.69. The highest BCUT2D eigenvalue weighted by atomic mass is 16.5. The van der Waals surface area contributed by atoms with Crippen molar-refractivity contribution in [1.29, 1.82) is 0 Å². The number of aliphatic hydroxyl groups is 1. The lowest BCUT2D eigenvalue weighted by atomic mass is 9.88. The van der Waals surface area contributed by atoms with Crippen LogP contribution in [-0.2, 0) is 4.74 Å². The molecule has 0 aromatic heterocycles. The lowest BCUT2D eigenvalue weighted by Crippen LogP contribution is -2.53. The third-order valence-electron chi connectivity index (χ3n) is 4.78. The van der Waals surface area contributed by atoms with Crippen molar-refractivity contribution >= 4 is 5.78 Å². The van der Waals surface area contributed by atoms with Crippen LogP contribution in [0.4, 0.5) is 0 Å². The summed E-state index contributed by atoms with van der Waals surface area (Å²) in [5, 5.41) is 13.9. The Balaban J connectivity index is 1.51. The standard InChI is InChI=1S/C18H26N2O3/c21-17(15-4-2-1-3-5-15)16-6-9-20(10-7-16)13-18(22)12-19-8-11-23-14-18/h1-5,16,19,22H,6-14H2/t18-/m1/s1. The molecule has 0 unspecified atom stereocenters. The van der Waals surface area contributed by atoms with Crippen LogP contribution in [0.2, 0.25) is 0 Å². The van der Waals surface area contributed by atoms with Crippen molar-refractivity contribution in [2.45, 2.75) is 18.4 Å². The summed E-state index contributed by atoms with van der Waals surface area (Å²) in [5.41, 5.74) is -0.0155. The monoisotopic (exact) mass is 318 g/mol. The number of ketones is 1. The fraction of sp³-hybridized carbons (Fsp3) is 0.611. The fourth-order valence-electron chi connectivity index (χ4n) is 3.49. The van der Waals surface area contributed by atoms with E-state index < -0.39 is 5.60 Å². The van der Waals surface area contributed by atoms with Gasteiger partial charge < -0.3 is 20.1 Å². The molecule has 2 fully saturated rings. The Hall–Kier alpha value is -1.27. The van der Waals surface area contributed by atoms with Gasteiger partial charge in [-0.3, -0.25) is 4.79 Å². The summed E-state index contributed by atoms with van der Waals surface area (Å²) >= 11 is 0. The summed E-state index contributed by atoms with van der Waals surface area (Å²) in [5.74, 6) is 0.357. The quantitative estimate of drug-likeness (QED) is 0.809. The van der Waals surface area contributed by atoms with Gasteiger partial charge in [0, 0.05) is 31.1 Å². The number of carbonyl (C=O) groups excluding carboxylic acids is 1. The average molecular weight is 318 g/mol. The Labute approximate surface area is 137 Å². The molecule has 0 saturated carbocycles. The summed E-state index contributed by atoms with van der Waals surface area (Å²) in [6.07, 6.45) is 1.72. The summed E-state index contributed by atoms with van der Waals surface area (Å²) in [7, 11) is 0. The van der Waals surface area contributed by atoms with Gasteiger partial charge in [-0.15, -0.1) is 0 Å². The van der Waals surface area contributed by atoms with Gasteiger partial charge in [0.2, 0.25) is 0 Å². The molecule has 23 heavy (non-hydrogen) atoms. The fourth-order valence-corrected chi connectivity index (χ4v) is 3.49. The Kier molecular flexibility index (Phi) is 5.43. The molecule has 5 heteroatoms. The number of β-amino-alcohol motifs (C(OH)–C–C–N with tert-alkyl or cyclic N) is 1. The average Bonchev–Trinajstić information content (AvgIpc) is 2.80. The lowest BCUT2D eigenvalue weighted by molar-refractivity contribution is -0.0527. The van der Waals surface area contributed by atoms with Gasteiger partial charge in [-0.25, -0.2) is 0 Å². The van der Waals surface area contributed by atoms with Crippen molar-refractivity contribution in [3.05, 3.63) is 35.9 Å². The third kappa shape index (κ3) is 4.38. The molecule has 2 aliphatic heterocycles. The predicted octanol–water partition coefficient (Wildman–Crippen LogP) is 0.932. The number of piperidine rings is 1. The molecule has 1 aromatic carbocycles. The molecule has 2 N–H and O–H groups in total. The van der Waals surface area contributed by atoms with Crippen molar-refractivity contribution in [3.8, 4) is 0 Å². The van der Waals surface area contributed by atoms with Crippen LogP contribution in [0.5, 0.6) is 0 Å². The SMILES string of the molecule is O=C(c1ccccc1)C1CCN(C[C@]2(O)CNCCOC2)CC1. The number of ether oxygens (including phenoxy) is 1. The van der Waals surface area contributed by atoms with E-state index in [1.165, 1.54) is 0 Å². The van der Waals surface area contributed by atoms with Crippen LogP contribution in [0.3, 0.4) is 0 Å². The second-order valence-electron chi connectivity index (χ2n) is 6.73. The molecule has 0 bridgehead atoms. The van der Waals surface area contributed by atoms with Gasteiger partial charge in [-0.2, -0.15) is 0 Å². The molecular weight excluding hydrogens is 292 g/mol. The first kappa shape index (κ1) is 16.6. The zero-order chi connectivity index (χ0) is 16.1. The lowest BCUT2D eigenvalue weighted by Gasteiger charge is -2.37. The van der Waals surface area contributed by atoms with Crippen LogP contribution in [0.15, 0.2) is 30.3 Å². The van der Waals surface area contributed by atoms with Crippen LogP contribution >= 0.6 is 0 Å². The first-order chi connectivity index (χ1) is 11.2. The number of hydrogen-bond acceptors (Lipinski definition) is 5. The summed E-state index contributed by atoms with van der Waals surface area (Å²) < 4.78 is 5.48. The van der Waals surface area contributed by atoms with Crippen molar-refractivity contribution in [2.24, 2.45) is 5.92 Å². The molecule has 2 saturated heterocycles. The molecule has 2 aliphatic rings. The molecule has 0 radical (unpaired) electrons. The van der Waals surface area contributed by atoms with Crippen molar-refractivity contribution in [2.75, 3.05) is 45.9 Å². The largest absolute Gasteiger partial charge is 0.385 e. The maximum atomic E-state index is 12.5. The van der Waals surface area contributed by atoms with Gasteiger partial charge in [-0.05, 0) is 25.9 Å². The number of nitrogens with zero attached hydrogens (tertiary/aromatic N) is 1. The second-order valence-corrected chi connectivity index (χ2v) is 6.73. The number of rotatable bonds is 4. The van der Waals surface area contributed by atoms with Crippen LogP contribution in [-0.4, -0.2) is 67.3 Å². The molecule has 0 aliphatic carbocycles. The molecule has 3 rings (SSSR count). The zero-order valence-corrected chi connectivity index (χ0v) is 13.5. The van der Waals surface area contributed by atoms with E-state index in [1.54, 1.807) is 0 Å². The van der Waals surface area contributed by atoms with Crippen LogP contribution < -0.4 is 5.32 Å². The number of hydrogen-bond donors (Lipinski definition) is 2. The number of nitrogens with one attached hydrogen (secondary N) is 1. The van der Waals surface area contributed by atoms with Gasteiger partial charge in [0.05, 0.1) is 13.2 Å². The normalized spacial score (nSPS) is 27.5. The van der Waals surface area contributed by atoms with E-state index in [-0.39, 0.29) is 11.7 Å². The Bertz CT molecular complexity index is 504. The molecule has 1 atom stereocenters. The zero-order valence-electron chi connectivity index (χ0n) is 13.5. The maximum absolute atomic E-state index is 12.5. The molecule has 0 amide bonds. The first-order valence-electron chi connectivity index (χ1n) is 8.49. The van der Waals surface area contributed by atoms with E-state index in [9.17, 15) is 9.90 Å². The van der Waals surface area contributed by atoms with Gasteiger partial charge in [0.25, 0.3) is 0 Å². The molecular formula is C18H26N2O3. The van der Waals surface area contributed by atoms with Crippen molar-refractivity contribution in [1.82, 2.24) is 10.2 Å². The molecule has 126 valence electrons. The van der Waals surface area contributed by atoms with Gasteiger partial charge in [-0.1, -0.05) is 30.3 Å². The van der Waals surface area contributed by atoms with Crippen LogP contribution in [0.25, 0.3) is 0 Å².